The number of amides is 1. The van der Waals surface area contributed by atoms with Gasteiger partial charge in [0.15, 0.2) is 18.9 Å². The number of aryl methyl sites for hydroxylation is 1. The molecule has 12 heteroatoms. The number of carbonyl (C=O) groups excluding carboxylic acids is 1. The highest BCUT2D eigenvalue weighted by molar-refractivity contribution is 8.03. The lowest BCUT2D eigenvalue weighted by atomic mass is 9.72. The van der Waals surface area contributed by atoms with Gasteiger partial charge in [-0.05, 0) is 37.1 Å². The van der Waals surface area contributed by atoms with Crippen LogP contribution in [-0.4, -0.2) is 45.4 Å². The SMILES string of the molecule is C=CCC1(CCO)C(SCC[n+]2ccccc2)=C(C(=O)O)N2C(=O)C[C@@H]21.O=P([O-])(Oc1ccccc1)Oc1ccccc1. The fourth-order valence-electron chi connectivity index (χ4n) is 5.19. The molecule has 5 rings (SSSR count). The van der Waals surface area contributed by atoms with Gasteiger partial charge in [-0.3, -0.25) is 4.79 Å². The summed E-state index contributed by atoms with van der Waals surface area (Å²) in [5.41, 5.74) is -0.464. The third kappa shape index (κ3) is 7.74. The molecular formula is C31H33N2O8PS. The number of carboxylic acid groups (broad SMARTS) is 1. The van der Waals surface area contributed by atoms with E-state index in [0.29, 0.717) is 29.9 Å². The second kappa shape index (κ2) is 14.5. The molecule has 1 fully saturated rings. The molecule has 1 unspecified atom stereocenters. The van der Waals surface area contributed by atoms with Gasteiger partial charge in [-0.15, -0.1) is 18.3 Å². The van der Waals surface area contributed by atoms with Crippen molar-refractivity contribution in [3.8, 4) is 11.5 Å². The summed E-state index contributed by atoms with van der Waals surface area (Å²) < 4.78 is 23.2. The molecule has 2 aliphatic heterocycles. The van der Waals surface area contributed by atoms with Gasteiger partial charge in [0.25, 0.3) is 0 Å². The fraction of sp³-hybridized carbons (Fsp3) is 0.258. The van der Waals surface area contributed by atoms with Crippen LogP contribution in [0.25, 0.3) is 0 Å². The average Bonchev–Trinajstić information content (AvgIpc) is 3.19. The van der Waals surface area contributed by atoms with Crippen molar-refractivity contribution in [2.24, 2.45) is 5.41 Å². The lowest BCUT2D eigenvalue weighted by Gasteiger charge is -2.45. The summed E-state index contributed by atoms with van der Waals surface area (Å²) in [6, 6.07) is 22.0. The number of nitrogens with zero attached hydrogens (tertiary/aromatic N) is 2. The van der Waals surface area contributed by atoms with Crippen molar-refractivity contribution in [1.82, 2.24) is 4.90 Å². The molecule has 2 aliphatic rings. The molecule has 2 atom stereocenters. The minimum atomic E-state index is -4.39. The van der Waals surface area contributed by atoms with Gasteiger partial charge >= 0.3 is 13.8 Å². The first-order chi connectivity index (χ1) is 20.7. The van der Waals surface area contributed by atoms with E-state index in [1.54, 1.807) is 66.7 Å². The van der Waals surface area contributed by atoms with Gasteiger partial charge in [-0.1, -0.05) is 48.5 Å². The van der Waals surface area contributed by atoms with E-state index in [0.717, 1.165) is 6.54 Å². The van der Waals surface area contributed by atoms with Crippen LogP contribution in [0.3, 0.4) is 0 Å². The minimum Gasteiger partial charge on any atom is -0.736 e. The van der Waals surface area contributed by atoms with Gasteiger partial charge < -0.3 is 29.1 Å². The number of rotatable bonds is 13. The first-order valence-electron chi connectivity index (χ1n) is 13.6. The first-order valence-corrected chi connectivity index (χ1v) is 16.0. The van der Waals surface area contributed by atoms with Gasteiger partial charge in [0, 0.05) is 35.5 Å². The maximum atomic E-state index is 12.1. The van der Waals surface area contributed by atoms with Gasteiger partial charge in [0.05, 0.1) is 11.8 Å². The van der Waals surface area contributed by atoms with Crippen LogP contribution in [0.5, 0.6) is 11.5 Å². The van der Waals surface area contributed by atoms with E-state index in [1.165, 1.54) is 16.7 Å². The molecule has 0 saturated carbocycles. The summed E-state index contributed by atoms with van der Waals surface area (Å²) >= 11 is 1.48. The maximum absolute atomic E-state index is 12.1. The molecule has 0 aliphatic carbocycles. The van der Waals surface area contributed by atoms with E-state index in [1.807, 2.05) is 35.2 Å². The number of aliphatic hydroxyl groups excluding tert-OH is 1. The van der Waals surface area contributed by atoms with Crippen molar-refractivity contribution < 1.29 is 42.9 Å². The molecule has 1 amide bonds. The van der Waals surface area contributed by atoms with Crippen LogP contribution in [-0.2, 0) is 20.7 Å². The van der Waals surface area contributed by atoms with Gasteiger partial charge in [0.2, 0.25) is 5.91 Å². The molecule has 2 aromatic carbocycles. The number of pyridine rings is 1. The van der Waals surface area contributed by atoms with Crippen LogP contribution < -0.4 is 18.5 Å². The second-order valence-electron chi connectivity index (χ2n) is 9.81. The van der Waals surface area contributed by atoms with Gasteiger partial charge in [-0.2, -0.15) is 0 Å². The topological polar surface area (TPSA) is 140 Å². The smallest absolute Gasteiger partial charge is 0.372 e. The van der Waals surface area contributed by atoms with E-state index in [9.17, 15) is 29.3 Å². The molecule has 10 nitrogen and oxygen atoms in total. The van der Waals surface area contributed by atoms with Crippen molar-refractivity contribution in [1.29, 1.82) is 0 Å². The predicted octanol–water partition coefficient (Wildman–Crippen LogP) is 4.18. The van der Waals surface area contributed by atoms with Crippen molar-refractivity contribution in [2.45, 2.75) is 31.8 Å². The molecule has 0 bridgehead atoms. The number of fused-ring (bicyclic) bond motifs is 1. The lowest BCUT2D eigenvalue weighted by Crippen LogP contribution is -2.56. The molecule has 3 aromatic rings. The summed E-state index contributed by atoms with van der Waals surface area (Å²) in [7, 11) is -4.39. The normalized spacial score (nSPS) is 19.1. The third-order valence-corrected chi connectivity index (χ3v) is 9.20. The summed E-state index contributed by atoms with van der Waals surface area (Å²) in [6.45, 7) is 4.49. The number of aliphatic hydroxyl groups is 1. The Morgan fingerprint density at radius 3 is 2.12 bits per heavy atom. The number of para-hydroxylation sites is 2. The maximum Gasteiger partial charge on any atom is 0.372 e. The minimum absolute atomic E-state index is 0.0588. The standard InChI is InChI=1S/C19H22N2O4S.C12H11O4P/c1-2-6-19(7-11-22)14-13-15(23)21(14)16(18(24)25)17(19)26-12-10-20-8-4-3-5-9-20;13-17(14,15-11-7-3-1-4-8-11)16-12-9-5-2-6-10-12/h2-5,8-9,14,22H,1,6-7,10-13H2;1-10H,(H,13,14)/t14-,19?;/m1./s1. The number of benzene rings is 2. The lowest BCUT2D eigenvalue weighted by molar-refractivity contribution is -0.692. The van der Waals surface area contributed by atoms with E-state index >= 15 is 0 Å². The van der Waals surface area contributed by atoms with E-state index in [-0.39, 0.29) is 35.8 Å². The summed E-state index contributed by atoms with van der Waals surface area (Å²) in [5, 5.41) is 19.4. The van der Waals surface area contributed by atoms with Crippen molar-refractivity contribution in [3.05, 3.63) is 115 Å². The fourth-order valence-corrected chi connectivity index (χ4v) is 7.43. The monoisotopic (exact) mass is 624 g/mol. The Labute approximate surface area is 254 Å². The quantitative estimate of drug-likeness (QED) is 0.124. The van der Waals surface area contributed by atoms with E-state index in [4.69, 9.17) is 9.05 Å². The van der Waals surface area contributed by atoms with Crippen LogP contribution >= 0.6 is 19.6 Å². The third-order valence-electron chi connectivity index (χ3n) is 7.06. The Hall–Kier alpha value is -3.89. The largest absolute Gasteiger partial charge is 0.736 e. The van der Waals surface area contributed by atoms with Crippen molar-refractivity contribution in [3.63, 3.8) is 0 Å². The molecule has 0 radical (unpaired) electrons. The molecule has 1 aromatic heterocycles. The Balaban J connectivity index is 0.000000215. The Morgan fingerprint density at radius 2 is 1.63 bits per heavy atom. The number of hydrogen-bond donors (Lipinski definition) is 2. The number of phosphoric ester groups is 1. The number of hydrogen-bond acceptors (Lipinski definition) is 8. The molecule has 1 saturated heterocycles. The zero-order valence-electron chi connectivity index (χ0n) is 23.4. The zero-order valence-corrected chi connectivity index (χ0v) is 25.1. The highest BCUT2D eigenvalue weighted by atomic mass is 32.2. The average molecular weight is 625 g/mol. The number of aromatic nitrogens is 1. The number of β-lactam (4-membered cyclic amide) rings is 1. The molecule has 226 valence electrons. The summed E-state index contributed by atoms with van der Waals surface area (Å²) in [4.78, 5) is 37.7. The Bertz CT molecular complexity index is 1440. The molecule has 43 heavy (non-hydrogen) atoms. The number of carbonyl (C=O) groups is 2. The zero-order chi connectivity index (χ0) is 30.9. The highest BCUT2D eigenvalue weighted by Gasteiger charge is 2.60. The first kappa shape index (κ1) is 32.0. The molecule has 2 N–H and O–H groups in total. The highest BCUT2D eigenvalue weighted by Crippen LogP contribution is 2.58. The van der Waals surface area contributed by atoms with Crippen molar-refractivity contribution >= 4 is 31.5 Å². The number of phosphoric acid groups is 1. The number of thioether (sulfide) groups is 1. The van der Waals surface area contributed by atoms with Crippen LogP contribution in [0, 0.1) is 5.41 Å². The number of allylic oxidation sites excluding steroid dienone is 1. The van der Waals surface area contributed by atoms with Crippen LogP contribution in [0.15, 0.2) is 115 Å². The Kier molecular flexibility index (Phi) is 10.8. The van der Waals surface area contributed by atoms with Crippen LogP contribution in [0.2, 0.25) is 0 Å². The van der Waals surface area contributed by atoms with E-state index in [2.05, 4.69) is 6.58 Å². The van der Waals surface area contributed by atoms with Crippen LogP contribution in [0.1, 0.15) is 19.3 Å². The second-order valence-corrected chi connectivity index (χ2v) is 12.2. The number of aliphatic carboxylic acids is 1. The summed E-state index contributed by atoms with van der Waals surface area (Å²) in [6.07, 6.45) is 6.97. The van der Waals surface area contributed by atoms with Crippen molar-refractivity contribution in [2.75, 3.05) is 12.4 Å². The van der Waals surface area contributed by atoms with Gasteiger partial charge in [0.1, 0.15) is 17.2 Å². The molecule has 3 heterocycles. The van der Waals surface area contributed by atoms with E-state index < -0.39 is 19.2 Å². The number of carboxylic acids is 1. The summed E-state index contributed by atoms with van der Waals surface area (Å²) in [5.74, 6) is -0.114. The molecular weight excluding hydrogens is 591 g/mol. The Morgan fingerprint density at radius 1 is 1.07 bits per heavy atom. The molecule has 0 spiro atoms. The van der Waals surface area contributed by atoms with Crippen LogP contribution in [0.4, 0.5) is 0 Å². The predicted molar refractivity (Wildman–Crippen MR) is 160 cm³/mol. The van der Waals surface area contributed by atoms with Gasteiger partial charge in [-0.25, -0.2) is 13.9 Å².